The molecule has 1 fully saturated rings. The Labute approximate surface area is 212 Å². The van der Waals surface area contributed by atoms with Crippen molar-refractivity contribution in [3.8, 4) is 11.5 Å². The first-order chi connectivity index (χ1) is 17.1. The molecule has 0 aromatic heterocycles. The molecule has 2 aromatic rings. The Hall–Kier alpha value is -3.27. The number of fused-ring (bicyclic) bond motifs is 1. The van der Waals surface area contributed by atoms with Gasteiger partial charge in [0.2, 0.25) is 28.6 Å². The van der Waals surface area contributed by atoms with Gasteiger partial charge in [0, 0.05) is 18.7 Å². The highest BCUT2D eigenvalue weighted by molar-refractivity contribution is 7.92. The van der Waals surface area contributed by atoms with Crippen LogP contribution in [0.3, 0.4) is 0 Å². The fourth-order valence-electron chi connectivity index (χ4n) is 4.52. The number of nitrogens with zero attached hydrogens (tertiary/aromatic N) is 2. The number of sulfonamides is 1. The van der Waals surface area contributed by atoms with Crippen LogP contribution in [0.25, 0.3) is 0 Å². The van der Waals surface area contributed by atoms with Crippen LogP contribution < -0.4 is 19.1 Å². The Morgan fingerprint density at radius 3 is 2.39 bits per heavy atom. The Morgan fingerprint density at radius 2 is 1.72 bits per heavy atom. The Bertz CT molecular complexity index is 1210. The van der Waals surface area contributed by atoms with Crippen LogP contribution in [0.4, 0.5) is 5.69 Å². The minimum atomic E-state index is -3.82. The molecule has 4 rings (SSSR count). The van der Waals surface area contributed by atoms with E-state index in [1.807, 2.05) is 31.2 Å². The highest BCUT2D eigenvalue weighted by atomic mass is 32.2. The molecule has 1 saturated carbocycles. The summed E-state index contributed by atoms with van der Waals surface area (Å²) in [6.07, 6.45) is 5.05. The van der Waals surface area contributed by atoms with Crippen molar-refractivity contribution >= 4 is 27.5 Å². The number of hydrogen-bond acceptors (Lipinski definition) is 6. The van der Waals surface area contributed by atoms with Crippen molar-refractivity contribution in [2.24, 2.45) is 0 Å². The van der Waals surface area contributed by atoms with Crippen molar-refractivity contribution in [3.63, 3.8) is 0 Å². The molecular weight excluding hydrogens is 482 g/mol. The predicted octanol–water partition coefficient (Wildman–Crippen LogP) is 2.97. The summed E-state index contributed by atoms with van der Waals surface area (Å²) in [7, 11) is -3.82. The van der Waals surface area contributed by atoms with Crippen molar-refractivity contribution in [1.82, 2.24) is 10.2 Å². The summed E-state index contributed by atoms with van der Waals surface area (Å²) in [6, 6.07) is 11.7. The summed E-state index contributed by atoms with van der Waals surface area (Å²) in [4.78, 5) is 28.2. The van der Waals surface area contributed by atoms with E-state index in [0.29, 0.717) is 11.5 Å². The molecule has 0 bridgehead atoms. The van der Waals surface area contributed by atoms with E-state index in [1.54, 1.807) is 19.1 Å². The van der Waals surface area contributed by atoms with E-state index in [1.165, 1.54) is 11.0 Å². The molecule has 1 heterocycles. The van der Waals surface area contributed by atoms with E-state index in [4.69, 9.17) is 9.47 Å². The number of benzene rings is 2. The van der Waals surface area contributed by atoms with E-state index in [-0.39, 0.29) is 31.0 Å². The van der Waals surface area contributed by atoms with E-state index in [0.717, 1.165) is 47.4 Å². The fourth-order valence-corrected chi connectivity index (χ4v) is 5.36. The Morgan fingerprint density at radius 1 is 1.06 bits per heavy atom. The van der Waals surface area contributed by atoms with Gasteiger partial charge in [-0.25, -0.2) is 8.42 Å². The minimum Gasteiger partial charge on any atom is -0.454 e. The van der Waals surface area contributed by atoms with Gasteiger partial charge in [0.1, 0.15) is 12.6 Å². The maximum absolute atomic E-state index is 13.6. The summed E-state index contributed by atoms with van der Waals surface area (Å²) >= 11 is 0. The molecule has 2 aliphatic rings. The lowest BCUT2D eigenvalue weighted by molar-refractivity contribution is -0.139. The second kappa shape index (κ2) is 10.8. The molecule has 9 nitrogen and oxygen atoms in total. The molecule has 0 radical (unpaired) electrons. The first-order valence-corrected chi connectivity index (χ1v) is 14.0. The maximum Gasteiger partial charge on any atom is 0.244 e. The van der Waals surface area contributed by atoms with E-state index in [9.17, 15) is 18.0 Å². The molecule has 1 unspecified atom stereocenters. The van der Waals surface area contributed by atoms with Crippen molar-refractivity contribution in [2.45, 2.75) is 58.2 Å². The third-order valence-corrected chi connectivity index (χ3v) is 7.81. The molecule has 10 heteroatoms. The summed E-state index contributed by atoms with van der Waals surface area (Å²) in [5, 5.41) is 3.06. The van der Waals surface area contributed by atoms with Crippen LogP contribution in [-0.4, -0.2) is 56.8 Å². The molecule has 2 amide bonds. The van der Waals surface area contributed by atoms with Crippen LogP contribution >= 0.6 is 0 Å². The second-order valence-corrected chi connectivity index (χ2v) is 11.4. The number of amides is 2. The average Bonchev–Trinajstić information content (AvgIpc) is 3.52. The Kier molecular flexibility index (Phi) is 7.73. The van der Waals surface area contributed by atoms with Crippen LogP contribution in [0.5, 0.6) is 11.5 Å². The summed E-state index contributed by atoms with van der Waals surface area (Å²) in [5.74, 6) is 0.204. The molecule has 1 aliphatic carbocycles. The number of nitrogens with one attached hydrogen (secondary N) is 1. The van der Waals surface area contributed by atoms with Gasteiger partial charge in [-0.1, -0.05) is 42.7 Å². The SMILES string of the molecule is Cc1ccc(CN(C(=O)CN(c2ccc3c(c2)OCO3)S(C)(=O)=O)C(C)C(=O)NC2CCCC2)cc1. The van der Waals surface area contributed by atoms with Crippen molar-refractivity contribution in [3.05, 3.63) is 53.6 Å². The van der Waals surface area contributed by atoms with E-state index in [2.05, 4.69) is 5.32 Å². The van der Waals surface area contributed by atoms with Crippen LogP contribution in [-0.2, 0) is 26.2 Å². The van der Waals surface area contributed by atoms with Gasteiger partial charge in [-0.05, 0) is 44.4 Å². The standard InChI is InChI=1S/C26H33N3O6S/c1-18-8-10-20(11-9-18)15-28(19(2)26(31)27-21-6-4-5-7-21)25(30)16-29(36(3,32)33)22-12-13-23-24(14-22)35-17-34-23/h8-14,19,21H,4-7,15-17H2,1-3H3,(H,27,31). The molecule has 1 N–H and O–H groups in total. The molecular formula is C26H33N3O6S. The van der Waals surface area contributed by atoms with Gasteiger partial charge < -0.3 is 19.7 Å². The lowest BCUT2D eigenvalue weighted by Crippen LogP contribution is -2.52. The van der Waals surface area contributed by atoms with Crippen molar-refractivity contribution < 1.29 is 27.5 Å². The number of aryl methyl sites for hydroxylation is 1. The zero-order chi connectivity index (χ0) is 25.9. The molecule has 194 valence electrons. The van der Waals surface area contributed by atoms with Crippen LogP contribution in [0, 0.1) is 6.92 Å². The highest BCUT2D eigenvalue weighted by Crippen LogP contribution is 2.36. The zero-order valence-electron chi connectivity index (χ0n) is 20.9. The number of hydrogen-bond donors (Lipinski definition) is 1. The average molecular weight is 516 g/mol. The van der Waals surface area contributed by atoms with Gasteiger partial charge in [-0.2, -0.15) is 0 Å². The molecule has 0 spiro atoms. The Balaban J connectivity index is 1.59. The smallest absolute Gasteiger partial charge is 0.244 e. The first kappa shape index (κ1) is 25.8. The van der Waals surface area contributed by atoms with Gasteiger partial charge in [0.25, 0.3) is 0 Å². The fraction of sp³-hybridized carbons (Fsp3) is 0.462. The first-order valence-electron chi connectivity index (χ1n) is 12.1. The summed E-state index contributed by atoms with van der Waals surface area (Å²) in [5.41, 5.74) is 2.21. The number of ether oxygens (including phenoxy) is 2. The molecule has 2 aromatic carbocycles. The second-order valence-electron chi connectivity index (χ2n) is 9.48. The van der Waals surface area contributed by atoms with E-state index < -0.39 is 28.5 Å². The minimum absolute atomic E-state index is 0.0501. The monoisotopic (exact) mass is 515 g/mol. The van der Waals surface area contributed by atoms with Crippen molar-refractivity contribution in [2.75, 3.05) is 23.9 Å². The topological polar surface area (TPSA) is 105 Å². The molecule has 36 heavy (non-hydrogen) atoms. The number of rotatable bonds is 9. The largest absolute Gasteiger partial charge is 0.454 e. The molecule has 1 aliphatic heterocycles. The summed E-state index contributed by atoms with van der Waals surface area (Å²) in [6.45, 7) is 3.43. The van der Waals surface area contributed by atoms with Gasteiger partial charge in [-0.3, -0.25) is 13.9 Å². The van der Waals surface area contributed by atoms with Gasteiger partial charge in [0.05, 0.1) is 11.9 Å². The molecule has 1 atom stereocenters. The highest BCUT2D eigenvalue weighted by Gasteiger charge is 2.32. The third-order valence-electron chi connectivity index (χ3n) is 6.67. The third kappa shape index (κ3) is 6.10. The van der Waals surface area contributed by atoms with Crippen molar-refractivity contribution in [1.29, 1.82) is 0 Å². The van der Waals surface area contributed by atoms with Crippen LogP contribution in [0.1, 0.15) is 43.7 Å². The van der Waals surface area contributed by atoms with Crippen LogP contribution in [0.15, 0.2) is 42.5 Å². The van der Waals surface area contributed by atoms with Crippen LogP contribution in [0.2, 0.25) is 0 Å². The number of anilines is 1. The molecule has 0 saturated heterocycles. The zero-order valence-corrected chi connectivity index (χ0v) is 21.7. The van der Waals surface area contributed by atoms with Gasteiger partial charge >= 0.3 is 0 Å². The van der Waals surface area contributed by atoms with E-state index >= 15 is 0 Å². The predicted molar refractivity (Wildman–Crippen MR) is 136 cm³/mol. The summed E-state index contributed by atoms with van der Waals surface area (Å²) < 4.78 is 37.2. The quantitative estimate of drug-likeness (QED) is 0.551. The number of carbonyl (C=O) groups is 2. The maximum atomic E-state index is 13.6. The number of carbonyl (C=O) groups excluding carboxylic acids is 2. The van der Waals surface area contributed by atoms with Gasteiger partial charge in [0.15, 0.2) is 11.5 Å². The lowest BCUT2D eigenvalue weighted by Gasteiger charge is -2.32. The normalized spacial score (nSPS) is 16.0. The van der Waals surface area contributed by atoms with Gasteiger partial charge in [-0.15, -0.1) is 0 Å². The lowest BCUT2D eigenvalue weighted by atomic mass is 10.1.